The van der Waals surface area contributed by atoms with E-state index in [1.165, 1.54) is 40.9 Å². The van der Waals surface area contributed by atoms with E-state index in [4.69, 9.17) is 5.73 Å². The summed E-state index contributed by atoms with van der Waals surface area (Å²) in [6.07, 6.45) is 0. The largest absolute Gasteiger partial charge is 0.508 e. The van der Waals surface area contributed by atoms with Gasteiger partial charge in [0, 0.05) is 4.75 Å². The number of β-lactam (4-membered cyclic amide) rings is 1. The maximum absolute atomic E-state index is 12.3. The normalized spacial score (nSPS) is 27.0. The van der Waals surface area contributed by atoms with E-state index in [0.717, 1.165) is 0 Å². The van der Waals surface area contributed by atoms with Gasteiger partial charge in [-0.2, -0.15) is 0 Å². The summed E-state index contributed by atoms with van der Waals surface area (Å²) in [6, 6.07) is 3.21. The lowest BCUT2D eigenvalue weighted by molar-refractivity contribution is -0.161. The third-order valence-electron chi connectivity index (χ3n) is 4.51. The molecule has 0 bridgehead atoms. The van der Waals surface area contributed by atoms with Crippen molar-refractivity contribution in [1.82, 2.24) is 16.4 Å². The molecule has 0 aliphatic carbocycles. The number of carbonyl (C=O) groups is 3. The number of aromatic hydroxyl groups is 1. The third kappa shape index (κ3) is 3.11. The van der Waals surface area contributed by atoms with Gasteiger partial charge in [0.25, 0.3) is 0 Å². The summed E-state index contributed by atoms with van der Waals surface area (Å²) in [6.45, 7) is 3.53. The van der Waals surface area contributed by atoms with Crippen LogP contribution in [-0.2, 0) is 14.4 Å². The van der Waals surface area contributed by atoms with Gasteiger partial charge in [0.15, 0.2) is 0 Å². The van der Waals surface area contributed by atoms with Crippen LogP contribution < -0.4 is 17.2 Å². The molecular weight excluding hydrogens is 360 g/mol. The topological polar surface area (TPSA) is 168 Å². The Morgan fingerprint density at radius 2 is 1.88 bits per heavy atom. The van der Waals surface area contributed by atoms with E-state index in [0.29, 0.717) is 5.56 Å². The highest BCUT2D eigenvalue weighted by Gasteiger charge is 2.64. The Bertz CT molecular complexity index is 739. The second-order valence-corrected chi connectivity index (χ2v) is 8.42. The number of aliphatic carboxylic acids is 1. The van der Waals surface area contributed by atoms with Gasteiger partial charge in [-0.05, 0) is 31.5 Å². The monoisotopic (exact) mass is 382 g/mol. The van der Waals surface area contributed by atoms with Crippen molar-refractivity contribution in [3.8, 4) is 5.75 Å². The lowest BCUT2D eigenvalue weighted by Gasteiger charge is -2.43. The number of nitrogens with zero attached hydrogens (tertiary/aromatic N) is 1. The minimum absolute atomic E-state index is 0. The molecule has 0 radical (unpaired) electrons. The molecule has 2 saturated heterocycles. The van der Waals surface area contributed by atoms with Crippen LogP contribution in [0.1, 0.15) is 25.5 Å². The summed E-state index contributed by atoms with van der Waals surface area (Å²) in [5.74, 6) is -1.94. The quantitative estimate of drug-likeness (QED) is 0.460. The number of phenolic OH excluding ortho intramolecular Hbond substituents is 1. The molecule has 1 aromatic carbocycles. The van der Waals surface area contributed by atoms with Gasteiger partial charge < -0.3 is 32.3 Å². The van der Waals surface area contributed by atoms with E-state index in [-0.39, 0.29) is 11.9 Å². The van der Waals surface area contributed by atoms with Crippen molar-refractivity contribution in [2.75, 3.05) is 0 Å². The number of hydrogen-bond acceptors (Lipinski definition) is 7. The lowest BCUT2D eigenvalue weighted by Crippen LogP contribution is -2.71. The second kappa shape index (κ2) is 6.78. The average molecular weight is 382 g/mol. The van der Waals surface area contributed by atoms with Gasteiger partial charge >= 0.3 is 5.97 Å². The lowest BCUT2D eigenvalue weighted by atomic mass is 9.95. The molecule has 3 rings (SSSR count). The minimum Gasteiger partial charge on any atom is -0.508 e. The molecule has 4 atom stereocenters. The van der Waals surface area contributed by atoms with E-state index in [2.05, 4.69) is 5.32 Å². The highest BCUT2D eigenvalue weighted by atomic mass is 32.2. The van der Waals surface area contributed by atoms with Crippen LogP contribution in [0, 0.1) is 0 Å². The van der Waals surface area contributed by atoms with Crippen LogP contribution >= 0.6 is 11.8 Å². The van der Waals surface area contributed by atoms with Gasteiger partial charge in [0.2, 0.25) is 11.8 Å². The van der Waals surface area contributed by atoms with E-state index in [1.54, 1.807) is 13.8 Å². The maximum atomic E-state index is 12.3. The minimum atomic E-state index is -1.06. The number of thioether (sulfide) groups is 1. The van der Waals surface area contributed by atoms with Crippen molar-refractivity contribution < 1.29 is 24.6 Å². The molecule has 0 saturated carbocycles. The molecule has 1 aromatic rings. The SMILES string of the molecule is CC1(C)S[C@@H]2[C@H](NC(=O)[C@H](N)c3ccc(O)cc3)C(=O)N2[C@H]1C(=O)O.N. The molecule has 2 aliphatic heterocycles. The standard InChI is InChI=1S/C16H19N3O5S.H3N/c1-16(2)11(15(23)24)19-13(22)10(14(19)25-16)18-12(21)9(17)7-3-5-8(20)6-4-7;/h3-6,9-11,14,20H,17H2,1-2H3,(H,18,21)(H,23,24);1H3/t9-,10-,11+,14-;/m1./s1. The van der Waals surface area contributed by atoms with Gasteiger partial charge in [0.1, 0.15) is 29.2 Å². The molecular formula is C16H22N4O5S. The number of phenols is 1. The molecule has 2 heterocycles. The van der Waals surface area contributed by atoms with Gasteiger partial charge in [-0.15, -0.1) is 11.8 Å². The Balaban J connectivity index is 0.00000243. The van der Waals surface area contributed by atoms with Crippen LogP contribution in [0.3, 0.4) is 0 Å². The molecule has 8 N–H and O–H groups in total. The van der Waals surface area contributed by atoms with Crippen molar-refractivity contribution in [2.24, 2.45) is 5.73 Å². The Morgan fingerprint density at radius 3 is 2.42 bits per heavy atom. The summed E-state index contributed by atoms with van der Waals surface area (Å²) in [4.78, 5) is 37.5. The Morgan fingerprint density at radius 1 is 1.31 bits per heavy atom. The molecule has 2 aliphatic rings. The number of hydrogen-bond donors (Lipinski definition) is 5. The molecule has 10 heteroatoms. The zero-order chi connectivity index (χ0) is 18.5. The average Bonchev–Trinajstić information content (AvgIpc) is 2.80. The first-order valence-electron chi connectivity index (χ1n) is 7.71. The van der Waals surface area contributed by atoms with E-state index in [1.807, 2.05) is 0 Å². The summed E-state index contributed by atoms with van der Waals surface area (Å²) >= 11 is 1.35. The zero-order valence-electron chi connectivity index (χ0n) is 14.4. The van der Waals surface area contributed by atoms with Crippen molar-refractivity contribution in [2.45, 2.75) is 42.1 Å². The Kier molecular flexibility index (Phi) is 5.22. The smallest absolute Gasteiger partial charge is 0.327 e. The number of amides is 2. The van der Waals surface area contributed by atoms with Crippen LogP contribution in [0.2, 0.25) is 0 Å². The van der Waals surface area contributed by atoms with E-state index < -0.39 is 46.0 Å². The maximum Gasteiger partial charge on any atom is 0.327 e. The summed E-state index contributed by atoms with van der Waals surface area (Å²) in [7, 11) is 0. The van der Waals surface area contributed by atoms with Crippen molar-refractivity contribution in [1.29, 1.82) is 0 Å². The molecule has 0 unspecified atom stereocenters. The molecule has 0 aromatic heterocycles. The molecule has 2 fully saturated rings. The summed E-state index contributed by atoms with van der Waals surface area (Å²) in [5.41, 5.74) is 6.41. The number of nitrogens with one attached hydrogen (secondary N) is 1. The van der Waals surface area contributed by atoms with Gasteiger partial charge in [0.05, 0.1) is 0 Å². The van der Waals surface area contributed by atoms with E-state index >= 15 is 0 Å². The highest BCUT2D eigenvalue weighted by molar-refractivity contribution is 8.01. The number of carboxylic acid groups (broad SMARTS) is 1. The fourth-order valence-corrected chi connectivity index (χ4v) is 4.85. The Labute approximate surface area is 154 Å². The first-order valence-corrected chi connectivity index (χ1v) is 8.59. The number of carbonyl (C=O) groups excluding carboxylic acids is 2. The number of rotatable bonds is 4. The van der Waals surface area contributed by atoms with Gasteiger partial charge in [-0.1, -0.05) is 12.1 Å². The zero-order valence-corrected chi connectivity index (χ0v) is 15.2. The molecule has 9 nitrogen and oxygen atoms in total. The van der Waals surface area contributed by atoms with Crippen LogP contribution in [-0.4, -0.2) is 55.1 Å². The first-order chi connectivity index (χ1) is 11.6. The fourth-order valence-electron chi connectivity index (χ4n) is 3.22. The molecule has 2 amide bonds. The second-order valence-electron chi connectivity index (χ2n) is 6.65. The molecule has 0 spiro atoms. The number of carboxylic acids is 1. The summed E-state index contributed by atoms with van der Waals surface area (Å²) < 4.78 is -0.648. The van der Waals surface area contributed by atoms with Gasteiger partial charge in [-0.25, -0.2) is 4.79 Å². The van der Waals surface area contributed by atoms with Crippen LogP contribution in [0.4, 0.5) is 0 Å². The number of benzene rings is 1. The van der Waals surface area contributed by atoms with Crippen LogP contribution in [0.15, 0.2) is 24.3 Å². The van der Waals surface area contributed by atoms with Gasteiger partial charge in [-0.3, -0.25) is 9.59 Å². The third-order valence-corrected chi connectivity index (χ3v) is 6.08. The number of nitrogens with two attached hydrogens (primary N) is 1. The number of fused-ring (bicyclic) bond motifs is 1. The van der Waals surface area contributed by atoms with Crippen molar-refractivity contribution in [3.05, 3.63) is 29.8 Å². The van der Waals surface area contributed by atoms with Crippen molar-refractivity contribution in [3.63, 3.8) is 0 Å². The first kappa shape index (κ1) is 20.0. The molecule has 142 valence electrons. The highest BCUT2D eigenvalue weighted by Crippen LogP contribution is 2.50. The predicted octanol–water partition coefficient (Wildman–Crippen LogP) is 0.186. The fraction of sp³-hybridized carbons (Fsp3) is 0.438. The molecule has 26 heavy (non-hydrogen) atoms. The van der Waals surface area contributed by atoms with E-state index in [9.17, 15) is 24.6 Å². The van der Waals surface area contributed by atoms with Crippen LogP contribution in [0.5, 0.6) is 5.75 Å². The Hall–Kier alpha value is -2.30. The summed E-state index contributed by atoms with van der Waals surface area (Å²) in [5, 5.41) is 20.9. The van der Waals surface area contributed by atoms with Crippen molar-refractivity contribution >= 4 is 29.5 Å². The predicted molar refractivity (Wildman–Crippen MR) is 95.7 cm³/mol. The van der Waals surface area contributed by atoms with Crippen LogP contribution in [0.25, 0.3) is 0 Å².